The van der Waals surface area contributed by atoms with Gasteiger partial charge in [-0.1, -0.05) is 0 Å². The van der Waals surface area contributed by atoms with Crippen LogP contribution >= 0.6 is 0 Å². The van der Waals surface area contributed by atoms with Crippen molar-refractivity contribution < 1.29 is 59.4 Å². The molecular weight excluding hydrogens is 640 g/mol. The maximum absolute atomic E-state index is 13.0. The van der Waals surface area contributed by atoms with Crippen LogP contribution in [0.25, 0.3) is 0 Å². The predicted octanol–water partition coefficient (Wildman–Crippen LogP) is -4.75. The van der Waals surface area contributed by atoms with E-state index < -0.39 is 47.9 Å². The Morgan fingerprint density at radius 1 is 0.396 bits per heavy atom. The molecule has 0 aromatic carbocycles. The molecule has 20 heteroatoms. The lowest BCUT2D eigenvalue weighted by Gasteiger charge is -2.41. The highest BCUT2D eigenvalue weighted by molar-refractivity contribution is 5.85. The Labute approximate surface area is 278 Å². The number of nitrogens with one attached hydrogen (secondary N) is 2. The van der Waals surface area contributed by atoms with Crippen LogP contribution in [0.5, 0.6) is 0 Å². The highest BCUT2D eigenvalue weighted by Gasteiger charge is 2.42. The fourth-order valence-corrected chi connectivity index (χ4v) is 5.88. The maximum Gasteiger partial charge on any atom is 0.323 e. The first-order chi connectivity index (χ1) is 22.8. The van der Waals surface area contributed by atoms with Crippen molar-refractivity contribution in [2.75, 3.05) is 131 Å². The smallest absolute Gasteiger partial charge is 0.323 e. The Kier molecular flexibility index (Phi) is 18.2. The predicted molar refractivity (Wildman–Crippen MR) is 168 cm³/mol. The van der Waals surface area contributed by atoms with E-state index in [0.717, 1.165) is 0 Å². The van der Waals surface area contributed by atoms with Gasteiger partial charge in [-0.15, -0.1) is 0 Å². The number of carboxylic acids is 6. The van der Waals surface area contributed by atoms with E-state index >= 15 is 0 Å². The van der Waals surface area contributed by atoms with Gasteiger partial charge in [-0.2, -0.15) is 0 Å². The third-order valence-electron chi connectivity index (χ3n) is 8.26. The van der Waals surface area contributed by atoms with Gasteiger partial charge in [-0.3, -0.25) is 58.2 Å². The van der Waals surface area contributed by atoms with Gasteiger partial charge >= 0.3 is 35.8 Å². The van der Waals surface area contributed by atoms with Crippen molar-refractivity contribution in [3.05, 3.63) is 0 Å². The zero-order chi connectivity index (χ0) is 35.6. The van der Waals surface area contributed by atoms with Gasteiger partial charge < -0.3 is 41.3 Å². The summed E-state index contributed by atoms with van der Waals surface area (Å²) in [6, 6.07) is -3.37. The Morgan fingerprint density at radius 3 is 0.812 bits per heavy atom. The first kappa shape index (κ1) is 40.7. The van der Waals surface area contributed by atoms with Crippen LogP contribution in [0, 0.1) is 0 Å². The molecule has 20 nitrogen and oxygen atoms in total. The molecule has 0 radical (unpaired) electrons. The molecule has 274 valence electrons. The highest BCUT2D eigenvalue weighted by atomic mass is 16.4. The van der Waals surface area contributed by atoms with Crippen LogP contribution in [0.3, 0.4) is 0 Å². The normalized spacial score (nSPS) is 21.8. The Hall–Kier alpha value is -3.50. The molecule has 0 saturated carbocycles. The number of nitrogens with zero attached hydrogens (tertiary/aromatic N) is 6. The molecule has 2 heterocycles. The van der Waals surface area contributed by atoms with Gasteiger partial charge in [0, 0.05) is 105 Å². The Bertz CT molecular complexity index is 943. The number of aliphatic carboxylic acids is 6. The molecule has 2 atom stereocenters. The van der Waals surface area contributed by atoms with Gasteiger partial charge in [0.15, 0.2) is 0 Å². The Morgan fingerprint density at radius 2 is 0.625 bits per heavy atom. The van der Waals surface area contributed by atoms with Crippen molar-refractivity contribution in [1.82, 2.24) is 40.0 Å². The van der Waals surface area contributed by atoms with Crippen LogP contribution in [0.4, 0.5) is 0 Å². The minimum atomic E-state index is -1.68. The third kappa shape index (κ3) is 15.6. The molecule has 2 rings (SSSR count). The second-order valence-electron chi connectivity index (χ2n) is 11.8. The zero-order valence-corrected chi connectivity index (χ0v) is 27.1. The molecule has 0 spiro atoms. The fraction of sp³-hybridized carbons (Fsp3) is 0.786. The van der Waals surface area contributed by atoms with E-state index in [2.05, 4.69) is 10.6 Å². The van der Waals surface area contributed by atoms with E-state index in [0.29, 0.717) is 52.4 Å². The average molecular weight is 691 g/mol. The van der Waals surface area contributed by atoms with Gasteiger partial charge in [0.1, 0.15) is 12.1 Å². The highest BCUT2D eigenvalue weighted by Crippen LogP contribution is 2.16. The summed E-state index contributed by atoms with van der Waals surface area (Å²) in [4.78, 5) is 81.6. The molecule has 0 aliphatic carbocycles. The summed E-state index contributed by atoms with van der Waals surface area (Å²) in [7, 11) is 0. The lowest BCUT2D eigenvalue weighted by molar-refractivity contribution is -0.158. The summed E-state index contributed by atoms with van der Waals surface area (Å²) in [5.74, 6) is -7.30. The zero-order valence-electron chi connectivity index (χ0n) is 27.1. The van der Waals surface area contributed by atoms with Gasteiger partial charge in [0.05, 0.1) is 26.2 Å². The summed E-state index contributed by atoms with van der Waals surface area (Å²) in [6.45, 7) is 1.49. The van der Waals surface area contributed by atoms with E-state index in [1.165, 1.54) is 9.80 Å². The molecule has 0 aromatic heterocycles. The van der Waals surface area contributed by atoms with Crippen molar-refractivity contribution in [3.8, 4) is 0 Å². The summed E-state index contributed by atoms with van der Waals surface area (Å²) in [6.07, 6.45) is 0. The van der Waals surface area contributed by atoms with Crippen LogP contribution < -0.4 is 10.6 Å². The largest absolute Gasteiger partial charge is 0.480 e. The fourth-order valence-electron chi connectivity index (χ4n) is 5.88. The first-order valence-electron chi connectivity index (χ1n) is 15.9. The molecule has 0 aromatic rings. The van der Waals surface area contributed by atoms with E-state index in [9.17, 15) is 59.4 Å². The number of carboxylic acid groups (broad SMARTS) is 6. The van der Waals surface area contributed by atoms with Gasteiger partial charge in [-0.05, 0) is 0 Å². The molecule has 2 unspecified atom stereocenters. The third-order valence-corrected chi connectivity index (χ3v) is 8.26. The summed E-state index contributed by atoms with van der Waals surface area (Å²) < 4.78 is 0. The van der Waals surface area contributed by atoms with Crippen molar-refractivity contribution in [3.63, 3.8) is 0 Å². The van der Waals surface area contributed by atoms with Crippen molar-refractivity contribution in [2.24, 2.45) is 0 Å². The molecule has 0 bridgehead atoms. The second-order valence-corrected chi connectivity index (χ2v) is 11.8. The molecule has 2 fully saturated rings. The molecule has 0 amide bonds. The van der Waals surface area contributed by atoms with Crippen LogP contribution in [-0.2, 0) is 28.8 Å². The lowest BCUT2D eigenvalue weighted by Crippen LogP contribution is -2.63. The van der Waals surface area contributed by atoms with Crippen LogP contribution in [0.15, 0.2) is 0 Å². The second kappa shape index (κ2) is 21.5. The van der Waals surface area contributed by atoms with Crippen LogP contribution in [0.1, 0.15) is 0 Å². The minimum Gasteiger partial charge on any atom is -0.480 e. The van der Waals surface area contributed by atoms with Gasteiger partial charge in [-0.25, -0.2) is 0 Å². The molecule has 2 aliphatic rings. The van der Waals surface area contributed by atoms with E-state index in [1.807, 2.05) is 0 Å². The number of rotatable bonds is 13. The van der Waals surface area contributed by atoms with E-state index in [4.69, 9.17) is 0 Å². The molecular formula is C28H50N8O12. The first-order valence-corrected chi connectivity index (χ1v) is 15.9. The molecule has 2 aliphatic heterocycles. The number of hydrogen-bond acceptors (Lipinski definition) is 14. The number of hydrogen-bond donors (Lipinski definition) is 8. The standard InChI is InChI=1S/C28H50N8O12/c37-21(38)17-31-5-1-29-2-6-32(18-22(39)40)10-14-35(13-9-31)25(27(45)46)26(28(47)48)36-15-11-33(19-23(41)42)7-3-30-4-8-34(12-16-36)20-24(43)44/h25-26,29-30H,1-20H2,(H,37,38)(H,39,40)(H,41,42)(H,43,44)(H,45,46)(H,47,48). The summed E-state index contributed by atoms with van der Waals surface area (Å²) in [5, 5.41) is 65.3. The number of carbonyl (C=O) groups is 6. The molecule has 2 saturated heterocycles. The topological polar surface area (TPSA) is 267 Å². The van der Waals surface area contributed by atoms with Crippen LogP contribution in [-0.4, -0.2) is 239 Å². The minimum absolute atomic E-state index is 0.0509. The summed E-state index contributed by atoms with van der Waals surface area (Å²) >= 11 is 0. The quantitative estimate of drug-likeness (QED) is 0.0901. The molecule has 8 N–H and O–H groups in total. The van der Waals surface area contributed by atoms with Crippen molar-refractivity contribution in [1.29, 1.82) is 0 Å². The van der Waals surface area contributed by atoms with E-state index in [-0.39, 0.29) is 78.5 Å². The SMILES string of the molecule is O=C(O)CN1CCNCCN(CC(=O)O)CCN(C(C(=O)O)C(C(=O)O)N2CCN(CC(=O)O)CCNCCN(CC(=O)O)CC2)CC1. The van der Waals surface area contributed by atoms with Crippen molar-refractivity contribution in [2.45, 2.75) is 12.1 Å². The van der Waals surface area contributed by atoms with Gasteiger partial charge in [0.25, 0.3) is 0 Å². The monoisotopic (exact) mass is 690 g/mol. The molecule has 48 heavy (non-hydrogen) atoms. The van der Waals surface area contributed by atoms with Crippen molar-refractivity contribution >= 4 is 35.8 Å². The van der Waals surface area contributed by atoms with Crippen LogP contribution in [0.2, 0.25) is 0 Å². The average Bonchev–Trinajstić information content (AvgIpc) is 2.96. The Balaban J connectivity index is 2.51. The summed E-state index contributed by atoms with van der Waals surface area (Å²) in [5.41, 5.74) is 0. The van der Waals surface area contributed by atoms with E-state index in [1.54, 1.807) is 19.6 Å². The lowest BCUT2D eigenvalue weighted by atomic mass is 10.0. The van der Waals surface area contributed by atoms with Gasteiger partial charge in [0.2, 0.25) is 0 Å². The maximum atomic E-state index is 13.0.